The van der Waals surface area contributed by atoms with Crippen molar-refractivity contribution in [3.8, 4) is 6.07 Å². The number of anilines is 1. The summed E-state index contributed by atoms with van der Waals surface area (Å²) in [6.07, 6.45) is 3.12. The van der Waals surface area contributed by atoms with Crippen LogP contribution < -0.4 is 5.32 Å². The van der Waals surface area contributed by atoms with Gasteiger partial charge in [-0.15, -0.1) is 0 Å². The highest BCUT2D eigenvalue weighted by Gasteiger charge is 2.36. The van der Waals surface area contributed by atoms with E-state index in [9.17, 15) is 9.59 Å². The molecule has 2 aliphatic heterocycles. The monoisotopic (exact) mass is 403 g/mol. The number of hydrogen-bond donors (Lipinski definition) is 1. The summed E-state index contributed by atoms with van der Waals surface area (Å²) in [6.45, 7) is 4.83. The molecule has 1 aromatic carbocycles. The van der Waals surface area contributed by atoms with Crippen molar-refractivity contribution in [2.24, 2.45) is 0 Å². The van der Waals surface area contributed by atoms with Gasteiger partial charge in [0.05, 0.1) is 28.8 Å². The Bertz CT molecular complexity index is 1040. The van der Waals surface area contributed by atoms with Crippen LogP contribution in [0, 0.1) is 11.3 Å². The van der Waals surface area contributed by atoms with E-state index in [1.807, 2.05) is 30.3 Å². The maximum Gasteiger partial charge on any atom is 0.255 e. The zero-order chi connectivity index (χ0) is 21.5. The third-order valence-corrected chi connectivity index (χ3v) is 6.30. The molecule has 1 unspecified atom stereocenters. The van der Waals surface area contributed by atoms with Crippen LogP contribution in [0.25, 0.3) is 0 Å². The lowest BCUT2D eigenvalue weighted by atomic mass is 9.88. The van der Waals surface area contributed by atoms with Gasteiger partial charge in [0.1, 0.15) is 5.82 Å². The summed E-state index contributed by atoms with van der Waals surface area (Å²) in [7, 11) is 1.79. The van der Waals surface area contributed by atoms with E-state index in [1.165, 1.54) is 0 Å². The van der Waals surface area contributed by atoms with E-state index in [4.69, 9.17) is 5.26 Å². The average molecular weight is 403 g/mol. The van der Waals surface area contributed by atoms with Crippen molar-refractivity contribution >= 4 is 17.6 Å². The third-order valence-electron chi connectivity index (χ3n) is 6.30. The van der Waals surface area contributed by atoms with Crippen LogP contribution in [0.5, 0.6) is 0 Å². The molecule has 2 aliphatic rings. The fourth-order valence-electron chi connectivity index (χ4n) is 4.33. The van der Waals surface area contributed by atoms with Gasteiger partial charge >= 0.3 is 0 Å². The second-order valence-corrected chi connectivity index (χ2v) is 8.38. The zero-order valence-electron chi connectivity index (χ0n) is 17.5. The Morgan fingerprint density at radius 2 is 2.07 bits per heavy atom. The molecule has 2 aromatic rings. The van der Waals surface area contributed by atoms with Crippen molar-refractivity contribution < 1.29 is 9.59 Å². The first-order chi connectivity index (χ1) is 14.3. The highest BCUT2D eigenvalue weighted by atomic mass is 16.2. The Hall–Kier alpha value is -3.40. The fraction of sp³-hybridized carbons (Fsp3) is 0.391. The van der Waals surface area contributed by atoms with Gasteiger partial charge in [-0.3, -0.25) is 9.59 Å². The maximum absolute atomic E-state index is 13.0. The summed E-state index contributed by atoms with van der Waals surface area (Å²) in [6, 6.07) is 11.7. The van der Waals surface area contributed by atoms with E-state index in [0.717, 1.165) is 23.4 Å². The molecule has 4 rings (SSSR count). The van der Waals surface area contributed by atoms with E-state index in [1.54, 1.807) is 30.0 Å². The van der Waals surface area contributed by atoms with Crippen LogP contribution >= 0.6 is 0 Å². The van der Waals surface area contributed by atoms with Crippen LogP contribution in [-0.4, -0.2) is 52.8 Å². The average Bonchev–Trinajstić information content (AvgIpc) is 3.36. The predicted octanol–water partition coefficient (Wildman–Crippen LogP) is 2.53. The molecule has 3 heterocycles. The minimum Gasteiger partial charge on any atom is -0.360 e. The molecule has 30 heavy (non-hydrogen) atoms. The third kappa shape index (κ3) is 3.50. The first-order valence-electron chi connectivity index (χ1n) is 10.1. The molecular weight excluding hydrogens is 378 g/mol. The van der Waals surface area contributed by atoms with Gasteiger partial charge in [0, 0.05) is 39.7 Å². The number of amides is 2. The molecule has 0 radical (unpaired) electrons. The molecule has 1 aromatic heterocycles. The standard InChI is InChI=1S/C23H25N5O2/c1-15(29)27(3)20-8-9-28(14-20)22(30)18-10-17-11-23(2,26-21(17)25-13-18)19-6-4-16(12-24)5-7-19/h4-7,10,13,20H,8-9,11,14H2,1-3H3,(H,25,26)/t20?,23-/m1/s1. The first-order valence-corrected chi connectivity index (χ1v) is 10.1. The van der Waals surface area contributed by atoms with Gasteiger partial charge in [-0.2, -0.15) is 5.26 Å². The van der Waals surface area contributed by atoms with Crippen LogP contribution in [0.1, 0.15) is 47.3 Å². The molecule has 1 N–H and O–H groups in total. The summed E-state index contributed by atoms with van der Waals surface area (Å²) in [4.78, 5) is 32.7. The molecule has 7 nitrogen and oxygen atoms in total. The molecular formula is C23H25N5O2. The maximum atomic E-state index is 13.0. The van der Waals surface area contributed by atoms with Crippen molar-refractivity contribution in [3.05, 3.63) is 58.8 Å². The van der Waals surface area contributed by atoms with Crippen molar-refractivity contribution in [1.82, 2.24) is 14.8 Å². The van der Waals surface area contributed by atoms with Crippen LogP contribution in [0.3, 0.4) is 0 Å². The molecule has 0 spiro atoms. The quantitative estimate of drug-likeness (QED) is 0.851. The number of hydrogen-bond acceptors (Lipinski definition) is 5. The number of aromatic nitrogens is 1. The number of benzene rings is 1. The van der Waals surface area contributed by atoms with Crippen molar-refractivity contribution in [3.63, 3.8) is 0 Å². The lowest BCUT2D eigenvalue weighted by Crippen LogP contribution is -2.38. The van der Waals surface area contributed by atoms with Gasteiger partial charge in [-0.05, 0) is 42.7 Å². The van der Waals surface area contributed by atoms with Gasteiger partial charge < -0.3 is 15.1 Å². The Kier molecular flexibility index (Phi) is 4.94. The van der Waals surface area contributed by atoms with E-state index in [0.29, 0.717) is 30.6 Å². The van der Waals surface area contributed by atoms with Crippen molar-refractivity contribution in [2.45, 2.75) is 38.3 Å². The topological polar surface area (TPSA) is 89.3 Å². The second kappa shape index (κ2) is 7.45. The molecule has 0 saturated carbocycles. The van der Waals surface area contributed by atoms with Crippen LogP contribution in [0.4, 0.5) is 5.82 Å². The van der Waals surface area contributed by atoms with Crippen LogP contribution in [0.15, 0.2) is 36.5 Å². The Morgan fingerprint density at radius 1 is 1.33 bits per heavy atom. The normalized spacial score (nSPS) is 22.2. The number of carbonyl (C=O) groups excluding carboxylic acids is 2. The minimum absolute atomic E-state index is 0.0154. The van der Waals surface area contributed by atoms with Crippen molar-refractivity contribution in [1.29, 1.82) is 5.26 Å². The molecule has 1 fully saturated rings. The SMILES string of the molecule is CC(=O)N(C)C1CCN(C(=O)c2cnc3c(c2)C[C@](C)(c2ccc(C#N)cc2)N3)C1. The number of nitrogens with one attached hydrogen (secondary N) is 1. The summed E-state index contributed by atoms with van der Waals surface area (Å²) >= 11 is 0. The van der Waals surface area contributed by atoms with E-state index in [2.05, 4.69) is 23.3 Å². The summed E-state index contributed by atoms with van der Waals surface area (Å²) < 4.78 is 0. The Morgan fingerprint density at radius 3 is 2.73 bits per heavy atom. The number of nitriles is 1. The predicted molar refractivity (Wildman–Crippen MR) is 113 cm³/mol. The first kappa shape index (κ1) is 19.9. The summed E-state index contributed by atoms with van der Waals surface area (Å²) in [5.41, 5.74) is 2.94. The van der Waals surface area contributed by atoms with Crippen molar-refractivity contribution in [2.75, 3.05) is 25.5 Å². The van der Waals surface area contributed by atoms with Crippen LogP contribution in [0.2, 0.25) is 0 Å². The number of likely N-dealkylation sites (N-methyl/N-ethyl adjacent to an activating group) is 1. The number of fused-ring (bicyclic) bond motifs is 1. The molecule has 2 atom stereocenters. The number of carbonyl (C=O) groups is 2. The molecule has 0 aliphatic carbocycles. The molecule has 2 amide bonds. The van der Waals surface area contributed by atoms with Gasteiger partial charge in [-0.25, -0.2) is 4.98 Å². The van der Waals surface area contributed by atoms with Gasteiger partial charge in [0.25, 0.3) is 5.91 Å². The van der Waals surface area contributed by atoms with Gasteiger partial charge in [0.2, 0.25) is 5.91 Å². The lowest BCUT2D eigenvalue weighted by molar-refractivity contribution is -0.129. The Labute approximate surface area is 176 Å². The largest absolute Gasteiger partial charge is 0.360 e. The number of rotatable bonds is 3. The number of pyridine rings is 1. The molecule has 7 heteroatoms. The Balaban J connectivity index is 1.50. The molecule has 154 valence electrons. The van der Waals surface area contributed by atoms with E-state index in [-0.39, 0.29) is 23.4 Å². The summed E-state index contributed by atoms with van der Waals surface area (Å²) in [5, 5.41) is 12.5. The van der Waals surface area contributed by atoms with Gasteiger partial charge in [-0.1, -0.05) is 12.1 Å². The number of likely N-dealkylation sites (tertiary alicyclic amines) is 1. The highest BCUT2D eigenvalue weighted by molar-refractivity contribution is 5.95. The van der Waals surface area contributed by atoms with E-state index >= 15 is 0 Å². The zero-order valence-corrected chi connectivity index (χ0v) is 17.5. The lowest BCUT2D eigenvalue weighted by Gasteiger charge is -2.25. The molecule has 1 saturated heterocycles. The van der Waals surface area contributed by atoms with Gasteiger partial charge in [0.15, 0.2) is 0 Å². The number of nitrogens with zero attached hydrogens (tertiary/aromatic N) is 4. The minimum atomic E-state index is -0.339. The van der Waals surface area contributed by atoms with Crippen LogP contribution in [-0.2, 0) is 16.8 Å². The molecule has 0 bridgehead atoms. The highest BCUT2D eigenvalue weighted by Crippen LogP contribution is 2.38. The smallest absolute Gasteiger partial charge is 0.255 e. The second-order valence-electron chi connectivity index (χ2n) is 8.38. The fourth-order valence-corrected chi connectivity index (χ4v) is 4.33. The van der Waals surface area contributed by atoms with E-state index < -0.39 is 0 Å². The summed E-state index contributed by atoms with van der Waals surface area (Å²) in [5.74, 6) is 0.757.